The molecule has 106 valence electrons. The van der Waals surface area contributed by atoms with Gasteiger partial charge in [0.25, 0.3) is 0 Å². The molecular formula is C10H15F3O5. The summed E-state index contributed by atoms with van der Waals surface area (Å²) in [4.78, 5) is 22.7. The highest BCUT2D eigenvalue weighted by molar-refractivity contribution is 5.94. The lowest BCUT2D eigenvalue weighted by molar-refractivity contribution is -0.325. The molecule has 0 saturated carbocycles. The van der Waals surface area contributed by atoms with E-state index >= 15 is 0 Å². The summed E-state index contributed by atoms with van der Waals surface area (Å²) >= 11 is 0. The molecule has 0 atom stereocenters. The van der Waals surface area contributed by atoms with Crippen LogP contribution in [0, 0.1) is 5.92 Å². The minimum atomic E-state index is -4.80. The fourth-order valence-corrected chi connectivity index (χ4v) is 1.11. The van der Waals surface area contributed by atoms with E-state index in [1.807, 2.05) is 0 Å². The molecule has 0 aromatic carbocycles. The van der Waals surface area contributed by atoms with Gasteiger partial charge in [-0.05, 0) is 20.3 Å². The number of ether oxygens (including phenoxy) is 3. The summed E-state index contributed by atoms with van der Waals surface area (Å²) in [5, 5.41) is 0. The standard InChI is InChI=1S/C10H15F3O5/c1-3-16-8(14)7(9(15)17-4-2)5-6-18-10(11,12)13/h7H,3-6H2,1-2H3. The van der Waals surface area contributed by atoms with E-state index < -0.39 is 37.2 Å². The summed E-state index contributed by atoms with van der Waals surface area (Å²) in [6, 6.07) is 0. The molecule has 0 N–H and O–H groups in total. The van der Waals surface area contributed by atoms with Gasteiger partial charge >= 0.3 is 18.3 Å². The third-order valence-electron chi connectivity index (χ3n) is 1.81. The quantitative estimate of drug-likeness (QED) is 0.521. The van der Waals surface area contributed by atoms with E-state index in [2.05, 4.69) is 14.2 Å². The predicted octanol–water partition coefficient (Wildman–Crippen LogP) is 1.66. The van der Waals surface area contributed by atoms with Gasteiger partial charge in [0.2, 0.25) is 0 Å². The lowest BCUT2D eigenvalue weighted by atomic mass is 10.1. The molecule has 0 aromatic rings. The molecule has 0 aliphatic carbocycles. The Labute approximate surface area is 102 Å². The van der Waals surface area contributed by atoms with Crippen molar-refractivity contribution in [3.63, 3.8) is 0 Å². The normalized spacial score (nSPS) is 11.4. The van der Waals surface area contributed by atoms with Gasteiger partial charge in [-0.25, -0.2) is 0 Å². The number of hydrogen-bond donors (Lipinski definition) is 0. The van der Waals surface area contributed by atoms with Crippen LogP contribution in [0.3, 0.4) is 0 Å². The largest absolute Gasteiger partial charge is 0.522 e. The van der Waals surface area contributed by atoms with Crippen LogP contribution >= 0.6 is 0 Å². The topological polar surface area (TPSA) is 61.8 Å². The van der Waals surface area contributed by atoms with Gasteiger partial charge in [-0.3, -0.25) is 14.3 Å². The molecule has 0 heterocycles. The lowest BCUT2D eigenvalue weighted by Gasteiger charge is -2.14. The molecule has 5 nitrogen and oxygen atoms in total. The van der Waals surface area contributed by atoms with Crippen molar-refractivity contribution in [3.8, 4) is 0 Å². The zero-order valence-corrected chi connectivity index (χ0v) is 10.1. The van der Waals surface area contributed by atoms with Gasteiger partial charge in [0, 0.05) is 0 Å². The fourth-order valence-electron chi connectivity index (χ4n) is 1.11. The van der Waals surface area contributed by atoms with Crippen molar-refractivity contribution in [2.45, 2.75) is 26.6 Å². The summed E-state index contributed by atoms with van der Waals surface area (Å²) in [5.74, 6) is -3.23. The molecular weight excluding hydrogens is 257 g/mol. The van der Waals surface area contributed by atoms with Crippen LogP contribution in [0.15, 0.2) is 0 Å². The first-order valence-corrected chi connectivity index (χ1v) is 5.35. The molecule has 0 rings (SSSR count). The monoisotopic (exact) mass is 272 g/mol. The molecule has 0 bridgehead atoms. The Balaban J connectivity index is 4.38. The van der Waals surface area contributed by atoms with Crippen molar-refractivity contribution in [2.24, 2.45) is 5.92 Å². The number of alkyl halides is 3. The number of carbonyl (C=O) groups excluding carboxylic acids is 2. The smallest absolute Gasteiger partial charge is 0.465 e. The number of esters is 2. The van der Waals surface area contributed by atoms with Crippen molar-refractivity contribution in [3.05, 3.63) is 0 Å². The Hall–Kier alpha value is -1.31. The van der Waals surface area contributed by atoms with E-state index in [4.69, 9.17) is 0 Å². The summed E-state index contributed by atoms with van der Waals surface area (Å²) < 4.78 is 47.9. The van der Waals surface area contributed by atoms with Gasteiger partial charge in [-0.2, -0.15) is 0 Å². The van der Waals surface area contributed by atoms with E-state index in [-0.39, 0.29) is 13.2 Å². The van der Waals surface area contributed by atoms with Gasteiger partial charge in [-0.1, -0.05) is 0 Å². The SMILES string of the molecule is CCOC(=O)C(CCOC(F)(F)F)C(=O)OCC. The molecule has 0 saturated heterocycles. The van der Waals surface area contributed by atoms with E-state index in [0.717, 1.165) is 0 Å². The van der Waals surface area contributed by atoms with Crippen LogP contribution in [0.1, 0.15) is 20.3 Å². The number of rotatable bonds is 7. The zero-order chi connectivity index (χ0) is 14.2. The molecule has 0 aromatic heterocycles. The van der Waals surface area contributed by atoms with Crippen LogP contribution in [0.25, 0.3) is 0 Å². The molecule has 0 aliphatic rings. The molecule has 0 amide bonds. The second kappa shape index (κ2) is 7.91. The highest BCUT2D eigenvalue weighted by Gasteiger charge is 2.33. The van der Waals surface area contributed by atoms with Crippen LogP contribution in [-0.4, -0.2) is 38.1 Å². The predicted molar refractivity (Wildman–Crippen MR) is 53.4 cm³/mol. The molecule has 0 fully saturated rings. The van der Waals surface area contributed by atoms with E-state index in [9.17, 15) is 22.8 Å². The van der Waals surface area contributed by atoms with Crippen molar-refractivity contribution in [1.29, 1.82) is 0 Å². The lowest BCUT2D eigenvalue weighted by Crippen LogP contribution is -2.30. The van der Waals surface area contributed by atoms with Gasteiger partial charge in [0.1, 0.15) is 0 Å². The highest BCUT2D eigenvalue weighted by atomic mass is 19.4. The van der Waals surface area contributed by atoms with E-state index in [1.54, 1.807) is 0 Å². The molecule has 18 heavy (non-hydrogen) atoms. The Bertz CT molecular complexity index is 259. The maximum atomic E-state index is 11.7. The summed E-state index contributed by atoms with van der Waals surface area (Å²) in [6.45, 7) is 2.27. The Morgan fingerprint density at radius 1 is 1.06 bits per heavy atom. The second-order valence-electron chi connectivity index (χ2n) is 3.14. The second-order valence-corrected chi connectivity index (χ2v) is 3.14. The van der Waals surface area contributed by atoms with Crippen LogP contribution in [-0.2, 0) is 23.8 Å². The number of carbonyl (C=O) groups is 2. The van der Waals surface area contributed by atoms with Gasteiger partial charge in [0.05, 0.1) is 19.8 Å². The highest BCUT2D eigenvalue weighted by Crippen LogP contribution is 2.18. The van der Waals surface area contributed by atoms with Crippen LogP contribution < -0.4 is 0 Å². The minimum Gasteiger partial charge on any atom is -0.465 e. The van der Waals surface area contributed by atoms with Gasteiger partial charge in [0.15, 0.2) is 5.92 Å². The van der Waals surface area contributed by atoms with E-state index in [1.165, 1.54) is 13.8 Å². The Kier molecular flexibility index (Phi) is 7.33. The maximum absolute atomic E-state index is 11.7. The van der Waals surface area contributed by atoms with Crippen molar-refractivity contribution in [1.82, 2.24) is 0 Å². The average Bonchev–Trinajstić information content (AvgIpc) is 2.23. The number of halogens is 3. The average molecular weight is 272 g/mol. The summed E-state index contributed by atoms with van der Waals surface area (Å²) in [7, 11) is 0. The summed E-state index contributed by atoms with van der Waals surface area (Å²) in [6.07, 6.45) is -5.24. The fraction of sp³-hybridized carbons (Fsp3) is 0.800. The summed E-state index contributed by atoms with van der Waals surface area (Å²) in [5.41, 5.74) is 0. The molecule has 0 spiro atoms. The van der Waals surface area contributed by atoms with E-state index in [0.29, 0.717) is 0 Å². The third-order valence-corrected chi connectivity index (χ3v) is 1.81. The van der Waals surface area contributed by atoms with Crippen LogP contribution in [0.5, 0.6) is 0 Å². The zero-order valence-electron chi connectivity index (χ0n) is 10.1. The number of hydrogen-bond acceptors (Lipinski definition) is 5. The van der Waals surface area contributed by atoms with Crippen LogP contribution in [0.4, 0.5) is 13.2 Å². The Morgan fingerprint density at radius 3 is 1.83 bits per heavy atom. The maximum Gasteiger partial charge on any atom is 0.522 e. The first-order chi connectivity index (χ1) is 8.31. The first-order valence-electron chi connectivity index (χ1n) is 5.35. The third kappa shape index (κ3) is 7.10. The van der Waals surface area contributed by atoms with Crippen LogP contribution in [0.2, 0.25) is 0 Å². The van der Waals surface area contributed by atoms with Crippen molar-refractivity contribution < 1.29 is 37.0 Å². The molecule has 0 aliphatic heterocycles. The molecule has 0 unspecified atom stereocenters. The first kappa shape index (κ1) is 16.7. The molecule has 8 heteroatoms. The Morgan fingerprint density at radius 2 is 1.50 bits per heavy atom. The van der Waals surface area contributed by atoms with Crippen molar-refractivity contribution >= 4 is 11.9 Å². The molecule has 0 radical (unpaired) electrons. The van der Waals surface area contributed by atoms with Crippen molar-refractivity contribution in [2.75, 3.05) is 19.8 Å². The van der Waals surface area contributed by atoms with Gasteiger partial charge in [-0.15, -0.1) is 13.2 Å². The van der Waals surface area contributed by atoms with Gasteiger partial charge < -0.3 is 9.47 Å². The minimum absolute atomic E-state index is 0.0227.